The molecule has 34 heavy (non-hydrogen) atoms. The molecule has 0 spiro atoms. The van der Waals surface area contributed by atoms with Gasteiger partial charge in [0.15, 0.2) is 0 Å². The van der Waals surface area contributed by atoms with E-state index in [1.165, 1.54) is 5.56 Å². The van der Waals surface area contributed by atoms with E-state index < -0.39 is 0 Å². The molecule has 2 aromatic carbocycles. The molecule has 0 atom stereocenters. The molecule has 0 aliphatic rings. The lowest BCUT2D eigenvalue weighted by Crippen LogP contribution is -2.44. The van der Waals surface area contributed by atoms with E-state index in [0.717, 1.165) is 16.0 Å². The smallest absolute Gasteiger partial charge is 0.322 e. The van der Waals surface area contributed by atoms with Crippen LogP contribution in [0, 0.1) is 13.8 Å². The first kappa shape index (κ1) is 25.5. The fraction of sp³-hybridized carbons (Fsp3) is 0.333. The number of ether oxygens (including phenoxy) is 1. The van der Waals surface area contributed by atoms with E-state index in [-0.39, 0.29) is 18.5 Å². The Morgan fingerprint density at radius 3 is 2.32 bits per heavy atom. The van der Waals surface area contributed by atoms with Gasteiger partial charge in [0.2, 0.25) is 5.91 Å². The van der Waals surface area contributed by atoms with Gasteiger partial charge >= 0.3 is 6.03 Å². The van der Waals surface area contributed by atoms with E-state index in [9.17, 15) is 9.59 Å². The average Bonchev–Trinajstić information content (AvgIpc) is 3.24. The summed E-state index contributed by atoms with van der Waals surface area (Å²) in [5.74, 6) is -0.0897. The highest BCUT2D eigenvalue weighted by atomic mass is 32.1. The standard InChI is InChI=1S/C27H33N3O3S/c1-21-10-12-24(13-11-21)28-27(32)29(15-7-16-33-3)20-26(31)30(18-23-8-5-4-6-9-23)19-25-22(2)14-17-34-25/h4-6,8-14,17H,7,15-16,18-20H2,1-3H3,(H,28,32). The number of rotatable bonds is 11. The van der Waals surface area contributed by atoms with Crippen molar-refractivity contribution in [3.8, 4) is 0 Å². The van der Waals surface area contributed by atoms with Crippen LogP contribution in [0.15, 0.2) is 66.0 Å². The fourth-order valence-corrected chi connectivity index (χ4v) is 4.45. The number of amides is 3. The number of hydrogen-bond donors (Lipinski definition) is 1. The Hall–Kier alpha value is -3.16. The van der Waals surface area contributed by atoms with Crippen molar-refractivity contribution in [3.05, 3.63) is 87.6 Å². The molecule has 0 radical (unpaired) electrons. The molecule has 0 saturated heterocycles. The molecule has 0 saturated carbocycles. The number of carbonyl (C=O) groups excluding carboxylic acids is 2. The Kier molecular flexibility index (Phi) is 9.67. The first-order valence-corrected chi connectivity index (χ1v) is 12.3. The largest absolute Gasteiger partial charge is 0.385 e. The molecule has 1 aromatic heterocycles. The van der Waals surface area contributed by atoms with Crippen LogP contribution in [-0.2, 0) is 22.6 Å². The maximum atomic E-state index is 13.5. The summed E-state index contributed by atoms with van der Waals surface area (Å²) in [7, 11) is 1.63. The highest BCUT2D eigenvalue weighted by Gasteiger charge is 2.22. The third kappa shape index (κ3) is 7.71. The van der Waals surface area contributed by atoms with E-state index in [2.05, 4.69) is 18.3 Å². The molecule has 0 aliphatic carbocycles. The summed E-state index contributed by atoms with van der Waals surface area (Å²) in [6, 6.07) is 19.3. The van der Waals surface area contributed by atoms with Gasteiger partial charge in [0.1, 0.15) is 6.54 Å². The summed E-state index contributed by atoms with van der Waals surface area (Å²) < 4.78 is 5.17. The Morgan fingerprint density at radius 1 is 0.941 bits per heavy atom. The van der Waals surface area contributed by atoms with Gasteiger partial charge in [-0.05, 0) is 55.0 Å². The van der Waals surface area contributed by atoms with E-state index in [4.69, 9.17) is 4.74 Å². The van der Waals surface area contributed by atoms with Crippen molar-refractivity contribution in [3.63, 3.8) is 0 Å². The Labute approximate surface area is 206 Å². The van der Waals surface area contributed by atoms with Crippen molar-refractivity contribution in [1.29, 1.82) is 0 Å². The summed E-state index contributed by atoms with van der Waals surface area (Å²) >= 11 is 1.65. The third-order valence-electron chi connectivity index (χ3n) is 5.56. The zero-order valence-electron chi connectivity index (χ0n) is 20.1. The lowest BCUT2D eigenvalue weighted by atomic mass is 10.2. The number of hydrogen-bond acceptors (Lipinski definition) is 4. The number of nitrogens with one attached hydrogen (secondary N) is 1. The van der Waals surface area contributed by atoms with Crippen molar-refractivity contribution in [2.75, 3.05) is 32.1 Å². The topological polar surface area (TPSA) is 61.9 Å². The second kappa shape index (κ2) is 12.9. The summed E-state index contributed by atoms with van der Waals surface area (Å²) in [5.41, 5.74) is 4.05. The lowest BCUT2D eigenvalue weighted by molar-refractivity contribution is -0.133. The predicted octanol–water partition coefficient (Wildman–Crippen LogP) is 5.46. The molecule has 3 amide bonds. The van der Waals surface area contributed by atoms with E-state index in [0.29, 0.717) is 38.3 Å². The molecule has 6 nitrogen and oxygen atoms in total. The highest BCUT2D eigenvalue weighted by molar-refractivity contribution is 7.10. The van der Waals surface area contributed by atoms with Crippen LogP contribution in [0.5, 0.6) is 0 Å². The number of urea groups is 1. The number of benzene rings is 2. The predicted molar refractivity (Wildman–Crippen MR) is 138 cm³/mol. The van der Waals surface area contributed by atoms with Gasteiger partial charge in [-0.3, -0.25) is 4.79 Å². The summed E-state index contributed by atoms with van der Waals surface area (Å²) in [6.45, 7) is 6.00. The van der Waals surface area contributed by atoms with Gasteiger partial charge in [-0.25, -0.2) is 4.79 Å². The van der Waals surface area contributed by atoms with Gasteiger partial charge in [0.05, 0.1) is 6.54 Å². The summed E-state index contributed by atoms with van der Waals surface area (Å²) in [6.07, 6.45) is 0.647. The number of anilines is 1. The van der Waals surface area contributed by atoms with Gasteiger partial charge in [0.25, 0.3) is 0 Å². The van der Waals surface area contributed by atoms with Crippen molar-refractivity contribution >= 4 is 29.0 Å². The molecule has 1 N–H and O–H groups in total. The molecular formula is C27H33N3O3S. The minimum Gasteiger partial charge on any atom is -0.385 e. The maximum Gasteiger partial charge on any atom is 0.322 e. The van der Waals surface area contributed by atoms with Crippen LogP contribution in [0.3, 0.4) is 0 Å². The van der Waals surface area contributed by atoms with Gasteiger partial charge in [0, 0.05) is 37.4 Å². The van der Waals surface area contributed by atoms with Crippen LogP contribution in [0.2, 0.25) is 0 Å². The molecule has 7 heteroatoms. The zero-order valence-corrected chi connectivity index (χ0v) is 20.9. The number of methoxy groups -OCH3 is 1. The number of nitrogens with zero attached hydrogens (tertiary/aromatic N) is 2. The van der Waals surface area contributed by atoms with E-state index in [1.807, 2.05) is 71.8 Å². The fourth-order valence-electron chi connectivity index (χ4n) is 3.53. The minimum absolute atomic E-state index is 0.00132. The Bertz CT molecular complexity index is 1050. The second-order valence-electron chi connectivity index (χ2n) is 8.33. The van der Waals surface area contributed by atoms with Crippen LogP contribution in [-0.4, -0.2) is 48.5 Å². The first-order chi connectivity index (χ1) is 16.5. The van der Waals surface area contributed by atoms with Crippen LogP contribution < -0.4 is 5.32 Å². The summed E-state index contributed by atoms with van der Waals surface area (Å²) in [4.78, 5) is 31.1. The summed E-state index contributed by atoms with van der Waals surface area (Å²) in [5, 5.41) is 4.97. The number of thiophene rings is 1. The molecule has 0 fully saturated rings. The normalized spacial score (nSPS) is 10.7. The molecular weight excluding hydrogens is 446 g/mol. The van der Waals surface area contributed by atoms with Crippen molar-refractivity contribution < 1.29 is 14.3 Å². The average molecular weight is 480 g/mol. The molecule has 180 valence electrons. The molecule has 0 aliphatic heterocycles. The lowest BCUT2D eigenvalue weighted by Gasteiger charge is -2.28. The molecule has 0 bridgehead atoms. The Balaban J connectivity index is 1.75. The monoisotopic (exact) mass is 479 g/mol. The third-order valence-corrected chi connectivity index (χ3v) is 6.57. The van der Waals surface area contributed by atoms with Crippen molar-refractivity contribution in [2.24, 2.45) is 0 Å². The molecule has 3 aromatic rings. The van der Waals surface area contributed by atoms with Crippen molar-refractivity contribution in [1.82, 2.24) is 9.80 Å². The number of aryl methyl sites for hydroxylation is 2. The molecule has 1 heterocycles. The van der Waals surface area contributed by atoms with Crippen LogP contribution >= 0.6 is 11.3 Å². The SMILES string of the molecule is COCCCN(CC(=O)N(Cc1ccccc1)Cc1sccc1C)C(=O)Nc1ccc(C)cc1. The van der Waals surface area contributed by atoms with Crippen LogP contribution in [0.1, 0.15) is 28.0 Å². The molecule has 0 unspecified atom stereocenters. The zero-order chi connectivity index (χ0) is 24.3. The van der Waals surface area contributed by atoms with Gasteiger partial charge in [-0.2, -0.15) is 0 Å². The molecule has 3 rings (SSSR count). The Morgan fingerprint density at radius 2 is 1.68 bits per heavy atom. The van der Waals surface area contributed by atoms with Crippen LogP contribution in [0.25, 0.3) is 0 Å². The van der Waals surface area contributed by atoms with Crippen molar-refractivity contribution in [2.45, 2.75) is 33.4 Å². The van der Waals surface area contributed by atoms with Gasteiger partial charge in [-0.15, -0.1) is 11.3 Å². The second-order valence-corrected chi connectivity index (χ2v) is 9.33. The maximum absolute atomic E-state index is 13.5. The quantitative estimate of drug-likeness (QED) is 0.371. The minimum atomic E-state index is -0.291. The van der Waals surface area contributed by atoms with Gasteiger partial charge < -0.3 is 19.9 Å². The van der Waals surface area contributed by atoms with E-state index >= 15 is 0 Å². The van der Waals surface area contributed by atoms with Gasteiger partial charge in [-0.1, -0.05) is 48.0 Å². The number of carbonyl (C=O) groups is 2. The van der Waals surface area contributed by atoms with E-state index in [1.54, 1.807) is 23.3 Å². The van der Waals surface area contributed by atoms with Crippen LogP contribution in [0.4, 0.5) is 10.5 Å². The first-order valence-electron chi connectivity index (χ1n) is 11.4. The highest BCUT2D eigenvalue weighted by Crippen LogP contribution is 2.20.